The summed E-state index contributed by atoms with van der Waals surface area (Å²) in [5, 5.41) is 3.07. The van der Waals surface area contributed by atoms with Crippen LogP contribution in [0.4, 0.5) is 5.69 Å². The van der Waals surface area contributed by atoms with Crippen LogP contribution in [0, 0.1) is 0 Å². The molecule has 0 saturated heterocycles. The molecule has 0 aliphatic carbocycles. The molecule has 1 aromatic carbocycles. The molecule has 0 aliphatic rings. The van der Waals surface area contributed by atoms with Crippen molar-refractivity contribution in [1.82, 2.24) is 10.7 Å². The summed E-state index contributed by atoms with van der Waals surface area (Å²) in [5.41, 5.74) is 6.18. The van der Waals surface area contributed by atoms with E-state index in [1.54, 1.807) is 0 Å². The number of para-hydroxylation sites is 1. The molecule has 0 radical (unpaired) electrons. The Hall–Kier alpha value is -1.88. The van der Waals surface area contributed by atoms with Gasteiger partial charge >= 0.3 is 0 Å². The number of nitrogens with one attached hydrogen (secondary N) is 3. The fraction of sp³-hybridized carbons (Fsp3) is 0.429. The Morgan fingerprint density at radius 2 is 1.79 bits per heavy atom. The lowest BCUT2D eigenvalue weighted by molar-refractivity contribution is -0.126. The molecule has 0 aromatic heterocycles. The van der Waals surface area contributed by atoms with E-state index in [-0.39, 0.29) is 24.2 Å². The topological polar surface area (TPSA) is 70.2 Å². The zero-order valence-corrected chi connectivity index (χ0v) is 11.6. The molecule has 1 amide bonds. The third kappa shape index (κ3) is 6.01. The van der Waals surface area contributed by atoms with Gasteiger partial charge in [0.15, 0.2) is 0 Å². The van der Waals surface area contributed by atoms with Crippen LogP contribution < -0.4 is 16.2 Å². The summed E-state index contributed by atoms with van der Waals surface area (Å²) in [4.78, 5) is 23.2. The summed E-state index contributed by atoms with van der Waals surface area (Å²) in [7, 11) is 0. The Balaban J connectivity index is 2.42. The fourth-order valence-electron chi connectivity index (χ4n) is 1.62. The predicted octanol–water partition coefficient (Wildman–Crippen LogP) is 1.48. The van der Waals surface area contributed by atoms with Gasteiger partial charge in [0.1, 0.15) is 5.78 Å². The van der Waals surface area contributed by atoms with Crippen LogP contribution in [-0.4, -0.2) is 23.8 Å². The zero-order chi connectivity index (χ0) is 14.3. The first kappa shape index (κ1) is 15.2. The van der Waals surface area contributed by atoms with Gasteiger partial charge in [-0.3, -0.25) is 20.4 Å². The monoisotopic (exact) mass is 263 g/mol. The number of carbonyl (C=O) groups excluding carboxylic acids is 2. The maximum Gasteiger partial charge on any atom is 0.240 e. The molecule has 1 atom stereocenters. The highest BCUT2D eigenvalue weighted by Gasteiger charge is 2.18. The van der Waals surface area contributed by atoms with Gasteiger partial charge in [0, 0.05) is 6.04 Å². The number of amides is 1. The maximum absolute atomic E-state index is 11.7. The Morgan fingerprint density at radius 1 is 1.16 bits per heavy atom. The lowest BCUT2D eigenvalue weighted by Gasteiger charge is -2.18. The molecule has 5 nitrogen and oxygen atoms in total. The molecular formula is C14H21N3O2. The van der Waals surface area contributed by atoms with Crippen molar-refractivity contribution in [2.75, 3.05) is 5.43 Å². The lowest BCUT2D eigenvalue weighted by Crippen LogP contribution is -2.44. The normalized spacial score (nSPS) is 12.0. The van der Waals surface area contributed by atoms with Crippen molar-refractivity contribution in [3.05, 3.63) is 30.3 Å². The number of Topliss-reactive ketones (excluding diaryl/α,β-unsaturated/α-hetero) is 1. The molecule has 19 heavy (non-hydrogen) atoms. The molecule has 1 rings (SSSR count). The average molecular weight is 263 g/mol. The van der Waals surface area contributed by atoms with Gasteiger partial charge < -0.3 is 5.32 Å². The fourth-order valence-corrected chi connectivity index (χ4v) is 1.62. The van der Waals surface area contributed by atoms with Gasteiger partial charge in [-0.1, -0.05) is 32.0 Å². The minimum Gasteiger partial charge on any atom is -0.305 e. The molecule has 104 valence electrons. The predicted molar refractivity (Wildman–Crippen MR) is 75.6 cm³/mol. The van der Waals surface area contributed by atoms with Crippen molar-refractivity contribution in [2.24, 2.45) is 0 Å². The minimum absolute atomic E-state index is 0.0384. The van der Waals surface area contributed by atoms with Gasteiger partial charge in [0.05, 0.1) is 18.2 Å². The van der Waals surface area contributed by atoms with Gasteiger partial charge in [-0.15, -0.1) is 0 Å². The van der Waals surface area contributed by atoms with Gasteiger partial charge in [0.2, 0.25) is 5.91 Å². The van der Waals surface area contributed by atoms with E-state index >= 15 is 0 Å². The molecule has 5 heteroatoms. The number of hydrogen-bond donors (Lipinski definition) is 3. The molecule has 1 aromatic rings. The van der Waals surface area contributed by atoms with Crippen LogP contribution in [0.3, 0.4) is 0 Å². The van der Waals surface area contributed by atoms with E-state index in [4.69, 9.17) is 0 Å². The highest BCUT2D eigenvalue weighted by Crippen LogP contribution is 2.03. The van der Waals surface area contributed by atoms with Crippen molar-refractivity contribution in [3.8, 4) is 0 Å². The number of rotatable bonds is 7. The van der Waals surface area contributed by atoms with Crippen molar-refractivity contribution < 1.29 is 9.59 Å². The Labute approximate surface area is 113 Å². The number of ketones is 1. The Kier molecular flexibility index (Phi) is 6.02. The minimum atomic E-state index is -0.447. The highest BCUT2D eigenvalue weighted by molar-refractivity contribution is 5.88. The van der Waals surface area contributed by atoms with E-state index in [1.165, 1.54) is 6.92 Å². The van der Waals surface area contributed by atoms with E-state index in [9.17, 15) is 9.59 Å². The first-order valence-corrected chi connectivity index (χ1v) is 6.35. The van der Waals surface area contributed by atoms with E-state index in [0.29, 0.717) is 0 Å². The quantitative estimate of drug-likeness (QED) is 0.652. The van der Waals surface area contributed by atoms with Gasteiger partial charge in [-0.2, -0.15) is 0 Å². The van der Waals surface area contributed by atoms with E-state index < -0.39 is 6.04 Å². The zero-order valence-electron chi connectivity index (χ0n) is 11.6. The molecular weight excluding hydrogens is 242 g/mol. The van der Waals surface area contributed by atoms with E-state index in [2.05, 4.69) is 16.2 Å². The number of hydrazine groups is 1. The van der Waals surface area contributed by atoms with Crippen LogP contribution in [0.25, 0.3) is 0 Å². The second kappa shape index (κ2) is 7.53. The lowest BCUT2D eigenvalue weighted by atomic mass is 10.1. The van der Waals surface area contributed by atoms with Crippen LogP contribution in [0.2, 0.25) is 0 Å². The van der Waals surface area contributed by atoms with E-state index in [0.717, 1.165) is 5.69 Å². The van der Waals surface area contributed by atoms with Crippen molar-refractivity contribution >= 4 is 17.4 Å². The maximum atomic E-state index is 11.7. The number of anilines is 1. The first-order valence-electron chi connectivity index (χ1n) is 6.35. The summed E-state index contributed by atoms with van der Waals surface area (Å²) in [6.07, 6.45) is 0.118. The Bertz CT molecular complexity index is 418. The third-order valence-electron chi connectivity index (χ3n) is 2.53. The molecule has 0 aliphatic heterocycles. The van der Waals surface area contributed by atoms with Crippen molar-refractivity contribution in [2.45, 2.75) is 39.3 Å². The van der Waals surface area contributed by atoms with Gasteiger partial charge in [-0.05, 0) is 19.1 Å². The summed E-state index contributed by atoms with van der Waals surface area (Å²) in [6, 6.07) is 9.02. The van der Waals surface area contributed by atoms with Crippen LogP contribution in [0.5, 0.6) is 0 Å². The number of carbonyl (C=O) groups is 2. The highest BCUT2D eigenvalue weighted by atomic mass is 16.2. The standard InChI is InChI=1S/C14H21N3O2/c1-10(2)15-13(11(3)18)9-14(19)17-16-12-7-5-4-6-8-12/h4-8,10,13,15-16H,9H2,1-3H3,(H,17,19). The molecule has 3 N–H and O–H groups in total. The first-order chi connectivity index (χ1) is 8.99. The second-order valence-electron chi connectivity index (χ2n) is 4.73. The largest absolute Gasteiger partial charge is 0.305 e. The third-order valence-corrected chi connectivity index (χ3v) is 2.53. The smallest absolute Gasteiger partial charge is 0.240 e. The summed E-state index contributed by atoms with van der Waals surface area (Å²) < 4.78 is 0. The SMILES string of the molecule is CC(=O)C(CC(=O)NNc1ccccc1)NC(C)C. The molecule has 0 heterocycles. The molecule has 1 unspecified atom stereocenters. The summed E-state index contributed by atoms with van der Waals surface area (Å²) in [6.45, 7) is 5.37. The summed E-state index contributed by atoms with van der Waals surface area (Å²) in [5.74, 6) is -0.263. The van der Waals surface area contributed by atoms with Gasteiger partial charge in [-0.25, -0.2) is 0 Å². The van der Waals surface area contributed by atoms with Crippen LogP contribution in [0.1, 0.15) is 27.2 Å². The Morgan fingerprint density at radius 3 is 2.32 bits per heavy atom. The van der Waals surface area contributed by atoms with E-state index in [1.807, 2.05) is 44.2 Å². The van der Waals surface area contributed by atoms with Crippen molar-refractivity contribution in [1.29, 1.82) is 0 Å². The van der Waals surface area contributed by atoms with Gasteiger partial charge in [0.25, 0.3) is 0 Å². The molecule has 0 bridgehead atoms. The number of hydrogen-bond acceptors (Lipinski definition) is 4. The van der Waals surface area contributed by atoms with Crippen molar-refractivity contribution in [3.63, 3.8) is 0 Å². The van der Waals surface area contributed by atoms with Crippen LogP contribution in [-0.2, 0) is 9.59 Å². The molecule has 0 fully saturated rings. The average Bonchev–Trinajstić information content (AvgIpc) is 2.36. The van der Waals surface area contributed by atoms with Crippen LogP contribution >= 0.6 is 0 Å². The van der Waals surface area contributed by atoms with Crippen LogP contribution in [0.15, 0.2) is 30.3 Å². The number of benzene rings is 1. The second-order valence-corrected chi connectivity index (χ2v) is 4.73. The summed E-state index contributed by atoms with van der Waals surface area (Å²) >= 11 is 0. The molecule has 0 saturated carbocycles. The molecule has 0 spiro atoms.